The molecule has 1 aromatic rings. The number of nitrogens with two attached hydrogens (primary N) is 1. The van der Waals surface area contributed by atoms with Crippen LogP contribution in [-0.4, -0.2) is 19.1 Å². The zero-order valence-electron chi connectivity index (χ0n) is 9.86. The maximum Gasteiger partial charge on any atom is 0.101 e. The first kappa shape index (κ1) is 12.2. The number of anilines is 1. The molecule has 1 fully saturated rings. The van der Waals surface area contributed by atoms with Crippen molar-refractivity contribution in [3.8, 4) is 6.07 Å². The molecule has 0 spiro atoms. The van der Waals surface area contributed by atoms with Crippen molar-refractivity contribution >= 4 is 17.3 Å². The van der Waals surface area contributed by atoms with Crippen LogP contribution in [0.3, 0.4) is 0 Å². The highest BCUT2D eigenvalue weighted by molar-refractivity contribution is 6.30. The lowest BCUT2D eigenvalue weighted by molar-refractivity contribution is 0.383. The maximum atomic E-state index is 9.13. The number of halogens is 1. The topological polar surface area (TPSA) is 53.0 Å². The van der Waals surface area contributed by atoms with Crippen molar-refractivity contribution in [1.82, 2.24) is 0 Å². The van der Waals surface area contributed by atoms with Crippen molar-refractivity contribution in [2.75, 3.05) is 18.0 Å². The molecule has 1 aliphatic heterocycles. The number of piperidine rings is 1. The van der Waals surface area contributed by atoms with E-state index in [2.05, 4.69) is 17.9 Å². The molecular formula is C13H16ClN3. The number of hydrogen-bond donors (Lipinski definition) is 1. The average Bonchev–Trinajstić information content (AvgIpc) is 2.32. The van der Waals surface area contributed by atoms with Crippen LogP contribution in [0.1, 0.15) is 18.9 Å². The van der Waals surface area contributed by atoms with Crippen LogP contribution in [0.5, 0.6) is 0 Å². The summed E-state index contributed by atoms with van der Waals surface area (Å²) >= 11 is 5.90. The van der Waals surface area contributed by atoms with Crippen molar-refractivity contribution < 1.29 is 0 Å². The largest absolute Gasteiger partial charge is 0.370 e. The Bertz CT molecular complexity index is 452. The summed E-state index contributed by atoms with van der Waals surface area (Å²) in [6.45, 7) is 3.96. The summed E-state index contributed by atoms with van der Waals surface area (Å²) in [5.41, 5.74) is 7.61. The Morgan fingerprint density at radius 1 is 1.53 bits per heavy atom. The van der Waals surface area contributed by atoms with Crippen molar-refractivity contribution in [3.05, 3.63) is 28.8 Å². The molecule has 0 radical (unpaired) electrons. The zero-order valence-corrected chi connectivity index (χ0v) is 10.6. The predicted molar refractivity (Wildman–Crippen MR) is 70.1 cm³/mol. The fourth-order valence-electron chi connectivity index (χ4n) is 2.26. The molecule has 2 rings (SSSR count). The molecule has 0 bridgehead atoms. The van der Waals surface area contributed by atoms with Crippen LogP contribution in [0.25, 0.3) is 0 Å². The van der Waals surface area contributed by atoms with Gasteiger partial charge in [0.25, 0.3) is 0 Å². The Kier molecular flexibility index (Phi) is 3.56. The van der Waals surface area contributed by atoms with E-state index in [1.165, 1.54) is 0 Å². The number of nitrogens with zero attached hydrogens (tertiary/aromatic N) is 2. The molecule has 4 heteroatoms. The smallest absolute Gasteiger partial charge is 0.101 e. The number of benzene rings is 1. The Morgan fingerprint density at radius 3 is 2.94 bits per heavy atom. The maximum absolute atomic E-state index is 9.13. The normalized spacial score (nSPS) is 24.5. The van der Waals surface area contributed by atoms with Crippen LogP contribution < -0.4 is 10.6 Å². The van der Waals surface area contributed by atoms with Gasteiger partial charge in [0.15, 0.2) is 0 Å². The first-order valence-corrected chi connectivity index (χ1v) is 6.20. The molecule has 1 saturated heterocycles. The minimum Gasteiger partial charge on any atom is -0.370 e. The lowest BCUT2D eigenvalue weighted by Gasteiger charge is -2.37. The summed E-state index contributed by atoms with van der Waals surface area (Å²) in [6, 6.07) is 7.94. The Morgan fingerprint density at radius 2 is 2.29 bits per heavy atom. The van der Waals surface area contributed by atoms with Crippen molar-refractivity contribution in [2.24, 2.45) is 11.7 Å². The quantitative estimate of drug-likeness (QED) is 0.832. The summed E-state index contributed by atoms with van der Waals surface area (Å²) in [5, 5.41) is 9.74. The first-order chi connectivity index (χ1) is 8.11. The minimum atomic E-state index is 0.268. The monoisotopic (exact) mass is 249 g/mol. The van der Waals surface area contributed by atoms with Crippen LogP contribution in [0.2, 0.25) is 5.02 Å². The van der Waals surface area contributed by atoms with Gasteiger partial charge in [0.1, 0.15) is 6.07 Å². The molecule has 3 nitrogen and oxygen atoms in total. The molecule has 0 saturated carbocycles. The Hall–Kier alpha value is -1.24. The van der Waals surface area contributed by atoms with E-state index in [1.807, 2.05) is 12.1 Å². The highest BCUT2D eigenvalue weighted by Crippen LogP contribution is 2.27. The van der Waals surface area contributed by atoms with Crippen molar-refractivity contribution in [1.29, 1.82) is 5.26 Å². The lowest BCUT2D eigenvalue weighted by atomic mass is 9.94. The SMILES string of the molecule is CC1CN(c2ccc(Cl)cc2C#N)CCC1N. The molecule has 1 heterocycles. The van der Waals surface area contributed by atoms with Gasteiger partial charge in [-0.1, -0.05) is 18.5 Å². The van der Waals surface area contributed by atoms with Crippen molar-refractivity contribution in [2.45, 2.75) is 19.4 Å². The molecule has 0 aromatic heterocycles. The van der Waals surface area contributed by atoms with Gasteiger partial charge in [-0.05, 0) is 30.5 Å². The van der Waals surface area contributed by atoms with Crippen LogP contribution in [-0.2, 0) is 0 Å². The Labute approximate surface area is 107 Å². The van der Waals surface area contributed by atoms with E-state index in [1.54, 1.807) is 6.07 Å². The molecule has 2 unspecified atom stereocenters. The van der Waals surface area contributed by atoms with Gasteiger partial charge in [-0.2, -0.15) is 5.26 Å². The Balaban J connectivity index is 2.26. The van der Waals surface area contributed by atoms with Gasteiger partial charge in [0, 0.05) is 24.2 Å². The number of nitriles is 1. The van der Waals surface area contributed by atoms with Crippen LogP contribution >= 0.6 is 11.6 Å². The molecule has 17 heavy (non-hydrogen) atoms. The van der Waals surface area contributed by atoms with Crippen LogP contribution in [0.15, 0.2) is 18.2 Å². The molecule has 0 amide bonds. The first-order valence-electron chi connectivity index (χ1n) is 5.82. The van der Waals surface area contributed by atoms with Gasteiger partial charge < -0.3 is 10.6 Å². The van der Waals surface area contributed by atoms with Gasteiger partial charge >= 0.3 is 0 Å². The summed E-state index contributed by atoms with van der Waals surface area (Å²) in [5.74, 6) is 0.450. The second-order valence-corrected chi connectivity index (χ2v) is 5.09. The molecule has 1 aromatic carbocycles. The summed E-state index contributed by atoms with van der Waals surface area (Å²) in [6.07, 6.45) is 0.967. The minimum absolute atomic E-state index is 0.268. The second kappa shape index (κ2) is 4.95. The standard InChI is InChI=1S/C13H16ClN3/c1-9-8-17(5-4-12(9)16)13-3-2-11(14)6-10(13)7-15/h2-3,6,9,12H,4-5,8,16H2,1H3. The average molecular weight is 250 g/mol. The fourth-order valence-corrected chi connectivity index (χ4v) is 2.43. The van der Waals surface area contributed by atoms with E-state index in [4.69, 9.17) is 22.6 Å². The second-order valence-electron chi connectivity index (χ2n) is 4.65. The van der Waals surface area contributed by atoms with Gasteiger partial charge in [-0.15, -0.1) is 0 Å². The molecule has 1 aliphatic rings. The number of hydrogen-bond acceptors (Lipinski definition) is 3. The van der Waals surface area contributed by atoms with Crippen LogP contribution in [0.4, 0.5) is 5.69 Å². The summed E-state index contributed by atoms with van der Waals surface area (Å²) < 4.78 is 0. The fraction of sp³-hybridized carbons (Fsp3) is 0.462. The molecule has 2 N–H and O–H groups in total. The summed E-state index contributed by atoms with van der Waals surface area (Å²) in [4.78, 5) is 2.23. The highest BCUT2D eigenvalue weighted by Gasteiger charge is 2.24. The van der Waals surface area contributed by atoms with E-state index in [9.17, 15) is 0 Å². The van der Waals surface area contributed by atoms with Gasteiger partial charge in [-0.3, -0.25) is 0 Å². The highest BCUT2D eigenvalue weighted by atomic mass is 35.5. The third-order valence-electron chi connectivity index (χ3n) is 3.39. The molecule has 0 aliphatic carbocycles. The molecular weight excluding hydrogens is 234 g/mol. The molecule has 90 valence electrons. The van der Waals surface area contributed by atoms with E-state index in [0.717, 1.165) is 25.2 Å². The third-order valence-corrected chi connectivity index (χ3v) is 3.63. The third kappa shape index (κ3) is 2.54. The number of rotatable bonds is 1. The van der Waals surface area contributed by atoms with E-state index < -0.39 is 0 Å². The van der Waals surface area contributed by atoms with Gasteiger partial charge in [0.05, 0.1) is 11.3 Å². The van der Waals surface area contributed by atoms with E-state index in [0.29, 0.717) is 16.5 Å². The lowest BCUT2D eigenvalue weighted by Crippen LogP contribution is -2.46. The van der Waals surface area contributed by atoms with E-state index in [-0.39, 0.29) is 6.04 Å². The summed E-state index contributed by atoms with van der Waals surface area (Å²) in [7, 11) is 0. The van der Waals surface area contributed by atoms with E-state index >= 15 is 0 Å². The molecule has 2 atom stereocenters. The van der Waals surface area contributed by atoms with Gasteiger partial charge in [-0.25, -0.2) is 0 Å². The van der Waals surface area contributed by atoms with Gasteiger partial charge in [0.2, 0.25) is 0 Å². The van der Waals surface area contributed by atoms with Crippen LogP contribution in [0, 0.1) is 17.2 Å². The predicted octanol–water partition coefficient (Wildman–Crippen LogP) is 2.39. The van der Waals surface area contributed by atoms with Crippen molar-refractivity contribution in [3.63, 3.8) is 0 Å². The zero-order chi connectivity index (χ0) is 12.4.